The second-order valence-corrected chi connectivity index (χ2v) is 5.65. The van der Waals surface area contributed by atoms with E-state index < -0.39 is 5.82 Å². The molecule has 4 heteroatoms. The first kappa shape index (κ1) is 13.0. The summed E-state index contributed by atoms with van der Waals surface area (Å²) in [7, 11) is 0. The Hall–Kier alpha value is -1.97. The third-order valence-corrected chi connectivity index (χ3v) is 4.43. The molecule has 2 aliphatic rings. The molecular formula is C16H16FNO2. The summed E-state index contributed by atoms with van der Waals surface area (Å²) in [5, 5.41) is 0. The number of benzene rings is 1. The van der Waals surface area contributed by atoms with Gasteiger partial charge < -0.3 is 0 Å². The molecule has 0 unspecified atom stereocenters. The average Bonchev–Trinajstić information content (AvgIpc) is 2.64. The van der Waals surface area contributed by atoms with Crippen LogP contribution in [-0.4, -0.2) is 11.8 Å². The molecule has 104 valence electrons. The lowest BCUT2D eigenvalue weighted by molar-refractivity contribution is -0.122. The molecule has 1 aliphatic heterocycles. The van der Waals surface area contributed by atoms with Crippen LogP contribution >= 0.6 is 0 Å². The fraction of sp³-hybridized carbons (Fsp3) is 0.375. The summed E-state index contributed by atoms with van der Waals surface area (Å²) in [6, 6.07) is 5.94. The first-order valence-corrected chi connectivity index (χ1v) is 6.78. The maximum atomic E-state index is 13.9. The molecule has 0 aromatic heterocycles. The van der Waals surface area contributed by atoms with Gasteiger partial charge in [-0.1, -0.05) is 23.3 Å². The minimum absolute atomic E-state index is 0.0761. The summed E-state index contributed by atoms with van der Waals surface area (Å²) in [6.07, 6.45) is 1.21. The molecule has 20 heavy (non-hydrogen) atoms. The van der Waals surface area contributed by atoms with E-state index in [2.05, 4.69) is 0 Å². The van der Waals surface area contributed by atoms with Gasteiger partial charge in [0.25, 0.3) is 0 Å². The molecule has 0 N–H and O–H groups in total. The Kier molecular flexibility index (Phi) is 2.96. The number of carbonyl (C=O) groups excluding carboxylic acids is 2. The smallest absolute Gasteiger partial charge is 0.238 e. The van der Waals surface area contributed by atoms with Crippen LogP contribution in [0.4, 0.5) is 10.1 Å². The first-order valence-electron chi connectivity index (χ1n) is 6.78. The van der Waals surface area contributed by atoms with Gasteiger partial charge in [-0.15, -0.1) is 0 Å². The largest absolute Gasteiger partial charge is 0.274 e. The topological polar surface area (TPSA) is 37.4 Å². The van der Waals surface area contributed by atoms with Crippen LogP contribution in [-0.2, 0) is 9.59 Å². The number of anilines is 1. The summed E-state index contributed by atoms with van der Waals surface area (Å²) in [6.45, 7) is 3.99. The van der Waals surface area contributed by atoms with Crippen molar-refractivity contribution in [3.8, 4) is 0 Å². The second-order valence-electron chi connectivity index (χ2n) is 5.65. The molecule has 0 radical (unpaired) electrons. The molecule has 3 rings (SSSR count). The summed E-state index contributed by atoms with van der Waals surface area (Å²) in [5.74, 6) is -1.72. The number of hydrogen-bond donors (Lipinski definition) is 0. The third kappa shape index (κ3) is 1.79. The number of imide groups is 1. The molecule has 1 aromatic carbocycles. The number of carbonyl (C=O) groups is 2. The fourth-order valence-corrected chi connectivity index (χ4v) is 3.12. The molecule has 0 bridgehead atoms. The van der Waals surface area contributed by atoms with Gasteiger partial charge in [0, 0.05) is 0 Å². The van der Waals surface area contributed by atoms with Gasteiger partial charge >= 0.3 is 0 Å². The maximum Gasteiger partial charge on any atom is 0.238 e. The van der Waals surface area contributed by atoms with Crippen molar-refractivity contribution >= 4 is 17.5 Å². The minimum Gasteiger partial charge on any atom is -0.274 e. The standard InChI is InChI=1S/C16H16FNO2/c1-9-7-11-12(8-10(9)2)16(20)18(15(11)19)14-6-4-3-5-13(14)17/h3-6,11-12H,7-8H2,1-2H3/t11-,12-/m0/s1. The summed E-state index contributed by atoms with van der Waals surface area (Å²) < 4.78 is 13.9. The molecule has 3 nitrogen and oxygen atoms in total. The molecule has 0 saturated carbocycles. The lowest BCUT2D eigenvalue weighted by atomic mass is 9.78. The van der Waals surface area contributed by atoms with Gasteiger partial charge in [0.15, 0.2) is 0 Å². The van der Waals surface area contributed by atoms with Crippen molar-refractivity contribution in [2.45, 2.75) is 26.7 Å². The van der Waals surface area contributed by atoms with E-state index in [1.54, 1.807) is 12.1 Å². The van der Waals surface area contributed by atoms with Gasteiger partial charge in [0.1, 0.15) is 5.82 Å². The number of hydrogen-bond acceptors (Lipinski definition) is 2. The van der Waals surface area contributed by atoms with E-state index in [4.69, 9.17) is 0 Å². The zero-order valence-corrected chi connectivity index (χ0v) is 11.5. The molecule has 1 aromatic rings. The lowest BCUT2D eigenvalue weighted by Gasteiger charge is -2.23. The van der Waals surface area contributed by atoms with E-state index in [-0.39, 0.29) is 29.3 Å². The van der Waals surface area contributed by atoms with E-state index in [1.807, 2.05) is 13.8 Å². The molecule has 1 fully saturated rings. The first-order chi connectivity index (χ1) is 9.50. The van der Waals surface area contributed by atoms with Crippen molar-refractivity contribution in [3.05, 3.63) is 41.2 Å². The monoisotopic (exact) mass is 273 g/mol. The Balaban J connectivity index is 2.00. The van der Waals surface area contributed by atoms with Crippen molar-refractivity contribution in [2.75, 3.05) is 4.90 Å². The zero-order valence-electron chi connectivity index (χ0n) is 11.5. The normalized spacial score (nSPS) is 26.2. The Labute approximate surface area is 117 Å². The number of halogens is 1. The fourth-order valence-electron chi connectivity index (χ4n) is 3.12. The van der Waals surface area contributed by atoms with Gasteiger partial charge in [0.05, 0.1) is 17.5 Å². The number of allylic oxidation sites excluding steroid dienone is 2. The van der Waals surface area contributed by atoms with Crippen LogP contribution in [0.3, 0.4) is 0 Å². The van der Waals surface area contributed by atoms with Gasteiger partial charge in [-0.3, -0.25) is 9.59 Å². The highest BCUT2D eigenvalue weighted by atomic mass is 19.1. The molecule has 2 atom stereocenters. The third-order valence-electron chi connectivity index (χ3n) is 4.43. The van der Waals surface area contributed by atoms with Crippen molar-refractivity contribution in [1.29, 1.82) is 0 Å². The van der Waals surface area contributed by atoms with Gasteiger partial charge in [-0.05, 0) is 38.8 Å². The Morgan fingerprint density at radius 1 is 1.00 bits per heavy atom. The highest BCUT2D eigenvalue weighted by Gasteiger charge is 2.50. The van der Waals surface area contributed by atoms with E-state index >= 15 is 0 Å². The molecule has 1 aliphatic carbocycles. The summed E-state index contributed by atoms with van der Waals surface area (Å²) in [5.41, 5.74) is 2.41. The van der Waals surface area contributed by atoms with Gasteiger partial charge in [0.2, 0.25) is 11.8 Å². The number of rotatable bonds is 1. The number of para-hydroxylation sites is 1. The predicted octanol–water partition coefficient (Wildman–Crippen LogP) is 3.06. The highest BCUT2D eigenvalue weighted by molar-refractivity contribution is 6.22. The number of nitrogens with zero attached hydrogens (tertiary/aromatic N) is 1. The van der Waals surface area contributed by atoms with E-state index in [0.29, 0.717) is 12.8 Å². The maximum absolute atomic E-state index is 13.9. The van der Waals surface area contributed by atoms with Crippen LogP contribution in [0, 0.1) is 17.7 Å². The van der Waals surface area contributed by atoms with Crippen LogP contribution in [0.15, 0.2) is 35.4 Å². The number of amides is 2. The highest BCUT2D eigenvalue weighted by Crippen LogP contribution is 2.42. The SMILES string of the molecule is CC1=C(C)C[C@@H]2C(=O)N(c3ccccc3F)C(=O)[C@H]2C1. The second kappa shape index (κ2) is 4.54. The minimum atomic E-state index is -0.533. The lowest BCUT2D eigenvalue weighted by Crippen LogP contribution is -2.31. The van der Waals surface area contributed by atoms with E-state index in [0.717, 1.165) is 4.90 Å². The Morgan fingerprint density at radius 2 is 1.50 bits per heavy atom. The Morgan fingerprint density at radius 3 is 2.00 bits per heavy atom. The molecule has 1 saturated heterocycles. The van der Waals surface area contributed by atoms with Crippen LogP contribution in [0.5, 0.6) is 0 Å². The van der Waals surface area contributed by atoms with Crippen molar-refractivity contribution in [1.82, 2.24) is 0 Å². The molecule has 1 heterocycles. The number of fused-ring (bicyclic) bond motifs is 1. The summed E-state index contributed by atoms with van der Waals surface area (Å²) >= 11 is 0. The van der Waals surface area contributed by atoms with Crippen LogP contribution in [0.25, 0.3) is 0 Å². The van der Waals surface area contributed by atoms with E-state index in [1.165, 1.54) is 23.3 Å². The molecular weight excluding hydrogens is 257 g/mol. The quantitative estimate of drug-likeness (QED) is 0.582. The van der Waals surface area contributed by atoms with Crippen molar-refractivity contribution < 1.29 is 14.0 Å². The van der Waals surface area contributed by atoms with Gasteiger partial charge in [-0.2, -0.15) is 0 Å². The summed E-state index contributed by atoms with van der Waals surface area (Å²) in [4.78, 5) is 26.0. The predicted molar refractivity (Wildman–Crippen MR) is 73.5 cm³/mol. The van der Waals surface area contributed by atoms with Gasteiger partial charge in [-0.25, -0.2) is 9.29 Å². The zero-order chi connectivity index (χ0) is 14.4. The molecule has 0 spiro atoms. The van der Waals surface area contributed by atoms with Crippen LogP contribution < -0.4 is 4.90 Å². The average molecular weight is 273 g/mol. The van der Waals surface area contributed by atoms with Crippen LogP contribution in [0.1, 0.15) is 26.7 Å². The van der Waals surface area contributed by atoms with Crippen LogP contribution in [0.2, 0.25) is 0 Å². The van der Waals surface area contributed by atoms with E-state index in [9.17, 15) is 14.0 Å². The van der Waals surface area contributed by atoms with Crippen molar-refractivity contribution in [2.24, 2.45) is 11.8 Å². The Bertz CT molecular complexity index is 603. The van der Waals surface area contributed by atoms with Crippen molar-refractivity contribution in [3.63, 3.8) is 0 Å². The molecule has 2 amide bonds.